The predicted molar refractivity (Wildman–Crippen MR) is 438 cm³/mol. The standard InChI is InChI=1S/C85H126F3N13O18/c1-42(2)39-56-71(103)93-64(47(11)12)79(111)100(22)68(49(15)16)81(113)99(21)57(40-53-41-90-55-37-32-38-58(116-24)59(53)55)72(104)91-61(44(5)6)75(107)97-67(70(52-33-28-26-29-34-52)119-83(115)84(117-25,85(86,87)88)54-35-30-27-31-36-54)76(108)95-65(48(13)14)82(114)118-51(18)66(96-74(106)62(45(7)8)92-73(105)60(89-19)43(3)4)80(112)101(23)69(50(17)102)77(109)94-63(46(9)10)78(110)98(56)20/h26-38,41-51,56-57,60-70,89-90,102H,39-40H2,1-25H3,(H,91,104)(H,92,105)(H,93,103)(H,94,109)(H,95,108)(H,96,106)(H,97,107)/t50-,51-,56+,57+,60+,61+,62+,63+,64+,65+,66+,67+,68+,69+,70-,84-/m1/s1. The van der Waals surface area contributed by atoms with Gasteiger partial charge in [0.25, 0.3) is 5.60 Å². The fourth-order valence-electron chi connectivity index (χ4n) is 14.7. The van der Waals surface area contributed by atoms with Crippen LogP contribution in [0, 0.1) is 47.3 Å². The number of carbonyl (C=O) groups is 13. The molecule has 0 aliphatic carbocycles. The maximum absolute atomic E-state index is 16.0. The molecule has 1 saturated heterocycles. The molecule has 3 aromatic carbocycles. The lowest BCUT2D eigenvalue weighted by Crippen LogP contribution is -2.65. The number of nitrogens with one attached hydrogen (secondary N) is 9. The number of hydrogen-bond donors (Lipinski definition) is 10. The number of alkyl halides is 3. The van der Waals surface area contributed by atoms with Crippen LogP contribution in [0.1, 0.15) is 154 Å². The number of cyclic esters (lactones) is 1. The zero-order chi connectivity index (χ0) is 90.1. The van der Waals surface area contributed by atoms with Crippen LogP contribution in [0.2, 0.25) is 0 Å². The molecule has 4 aromatic rings. The maximum atomic E-state index is 16.0. The summed E-state index contributed by atoms with van der Waals surface area (Å²) in [6, 6.07) is -2.36. The van der Waals surface area contributed by atoms with Crippen molar-refractivity contribution in [2.75, 3.05) is 49.5 Å². The fraction of sp³-hybridized carbons (Fsp3) is 0.612. The molecule has 0 bridgehead atoms. The number of likely N-dealkylation sites (N-methyl/N-ethyl adjacent to an activating group) is 5. The van der Waals surface area contributed by atoms with Crippen molar-refractivity contribution in [3.8, 4) is 5.75 Å². The van der Waals surface area contributed by atoms with Crippen LogP contribution >= 0.6 is 0 Å². The fourth-order valence-corrected chi connectivity index (χ4v) is 14.7. The number of halogens is 3. The van der Waals surface area contributed by atoms with Crippen molar-refractivity contribution in [2.45, 2.75) is 240 Å². The first kappa shape index (κ1) is 99.3. The Morgan fingerprint density at radius 1 is 0.538 bits per heavy atom. The van der Waals surface area contributed by atoms with E-state index >= 15 is 65.9 Å². The molecule has 1 fully saturated rings. The number of aromatic amines is 1. The highest BCUT2D eigenvalue weighted by molar-refractivity contribution is 6.01. The molecule has 1 aromatic heterocycles. The van der Waals surface area contributed by atoms with Gasteiger partial charge in [-0.2, -0.15) is 13.2 Å². The van der Waals surface area contributed by atoms with Gasteiger partial charge >= 0.3 is 18.1 Å². The number of aromatic nitrogens is 1. The van der Waals surface area contributed by atoms with Gasteiger partial charge in [0.05, 0.1) is 19.3 Å². The molecule has 0 saturated carbocycles. The highest BCUT2D eigenvalue weighted by atomic mass is 19.4. The van der Waals surface area contributed by atoms with Gasteiger partial charge in [0.15, 0.2) is 6.10 Å². The van der Waals surface area contributed by atoms with E-state index in [2.05, 4.69) is 47.5 Å². The first-order valence-electron chi connectivity index (χ1n) is 40.3. The van der Waals surface area contributed by atoms with Gasteiger partial charge in [-0.25, -0.2) is 9.59 Å². The maximum Gasteiger partial charge on any atom is 0.432 e. The minimum atomic E-state index is -5.63. The second-order valence-electron chi connectivity index (χ2n) is 33.5. The number of carbonyl (C=O) groups excluding carboxylic acids is 13. The Kier molecular flexibility index (Phi) is 36.0. The Bertz CT molecular complexity index is 4180. The molecular weight excluding hydrogens is 1550 g/mol. The second-order valence-corrected chi connectivity index (χ2v) is 33.5. The highest BCUT2D eigenvalue weighted by Gasteiger charge is 2.65. The molecule has 16 atom stereocenters. The number of hydrogen-bond acceptors (Lipinski definition) is 19. The van der Waals surface area contributed by atoms with Gasteiger partial charge in [0, 0.05) is 64.4 Å². The average molecular weight is 1680 g/mol. The molecule has 0 unspecified atom stereocenters. The minimum absolute atomic E-state index is 0.00623. The Morgan fingerprint density at radius 2 is 1.02 bits per heavy atom. The Balaban J connectivity index is 1.89. The quantitative estimate of drug-likeness (QED) is 0.0395. The smallest absolute Gasteiger partial charge is 0.432 e. The van der Waals surface area contributed by atoms with Crippen molar-refractivity contribution >= 4 is 87.8 Å². The highest BCUT2D eigenvalue weighted by Crippen LogP contribution is 2.45. The number of rotatable bonds is 24. The molecular formula is C85H126F3N13O18. The summed E-state index contributed by atoms with van der Waals surface area (Å²) in [7, 11) is 8.62. The summed E-state index contributed by atoms with van der Waals surface area (Å²) < 4.78 is 71.0. The summed E-state index contributed by atoms with van der Waals surface area (Å²) in [5, 5.41) is 33.7. The van der Waals surface area contributed by atoms with Gasteiger partial charge < -0.3 is 91.2 Å². The van der Waals surface area contributed by atoms with Crippen molar-refractivity contribution in [3.05, 3.63) is 102 Å². The third-order valence-corrected chi connectivity index (χ3v) is 21.6. The van der Waals surface area contributed by atoms with Crippen molar-refractivity contribution in [1.82, 2.24) is 67.1 Å². The van der Waals surface area contributed by atoms with Gasteiger partial charge in [0.1, 0.15) is 78.3 Å². The van der Waals surface area contributed by atoms with Crippen LogP contribution in [-0.2, 0) is 88.6 Å². The number of benzene rings is 3. The Labute approximate surface area is 695 Å². The Hall–Kier alpha value is -10.2. The third-order valence-electron chi connectivity index (χ3n) is 21.6. The van der Waals surface area contributed by atoms with E-state index in [0.29, 0.717) is 29.3 Å². The molecule has 34 heteroatoms. The molecule has 2 heterocycles. The average Bonchev–Trinajstić information content (AvgIpc) is 1.27. The number of nitrogens with zero attached hydrogens (tertiary/aromatic N) is 4. The van der Waals surface area contributed by atoms with E-state index in [1.807, 2.05) is 0 Å². The van der Waals surface area contributed by atoms with Crippen LogP contribution in [0.25, 0.3) is 10.9 Å². The van der Waals surface area contributed by atoms with Crippen LogP contribution in [0.4, 0.5) is 13.2 Å². The molecule has 11 amide bonds. The van der Waals surface area contributed by atoms with Gasteiger partial charge in [-0.15, -0.1) is 0 Å². The number of amides is 11. The van der Waals surface area contributed by atoms with E-state index in [1.54, 1.807) is 107 Å². The number of esters is 2. The number of methoxy groups -OCH3 is 2. The van der Waals surface area contributed by atoms with Crippen LogP contribution in [0.15, 0.2) is 85.1 Å². The normalized spacial score (nSPS) is 23.9. The Morgan fingerprint density at radius 3 is 1.50 bits per heavy atom. The molecule has 5 rings (SSSR count). The largest absolute Gasteiger partial charge is 0.496 e. The molecule has 0 spiro atoms. The van der Waals surface area contributed by atoms with Gasteiger partial charge in [0.2, 0.25) is 65.0 Å². The molecule has 660 valence electrons. The monoisotopic (exact) mass is 1670 g/mol. The summed E-state index contributed by atoms with van der Waals surface area (Å²) in [6.07, 6.45) is -10.4. The van der Waals surface area contributed by atoms with Gasteiger partial charge in [-0.05, 0) is 97.9 Å². The summed E-state index contributed by atoms with van der Waals surface area (Å²) in [4.78, 5) is 207. The number of ether oxygens (including phenoxy) is 4. The molecule has 0 radical (unpaired) electrons. The van der Waals surface area contributed by atoms with Gasteiger partial charge in [-0.3, -0.25) is 52.7 Å². The molecule has 1 aliphatic heterocycles. The number of H-pyrrole nitrogens is 1. The topological polar surface area (TPSA) is 404 Å². The van der Waals surface area contributed by atoms with Gasteiger partial charge in [-0.1, -0.05) is 178 Å². The first-order chi connectivity index (χ1) is 55.5. The summed E-state index contributed by atoms with van der Waals surface area (Å²) in [5.41, 5.74) is -4.00. The molecule has 119 heavy (non-hydrogen) atoms. The number of aliphatic hydroxyl groups excluding tert-OH is 1. The lowest BCUT2D eigenvalue weighted by Gasteiger charge is -2.39. The van der Waals surface area contributed by atoms with Crippen molar-refractivity contribution in [1.29, 1.82) is 0 Å². The van der Waals surface area contributed by atoms with Crippen molar-refractivity contribution in [2.24, 2.45) is 47.3 Å². The minimum Gasteiger partial charge on any atom is -0.496 e. The SMILES string of the molecule is CN[C@H](C(=O)N[C@H](C(=O)N[C@@H]1C(=O)N(C)[C@@H]([C@@H](C)O)C(=O)N[C@@H](C(C)C)C(=O)N(C)[C@@H](CC(C)C)C(=O)N[C@@H](C(C)C)C(=O)N(C)[C@@H](C(C)C)C(=O)N(C)[C@@H](Cc2c[nH]c3cccc(OC)c23)C(=O)N[C@@H](C(C)C)C(=O)N[C@@H]([C@H](OC(=O)[C@](OC)(c2ccccc2)C(F)(F)F)c2ccccc2)C(=O)N[C@@H](C(C)C)C(=O)O[C@@H]1C)C(C)C)C(C)C. The van der Waals surface area contributed by atoms with Crippen LogP contribution in [0.5, 0.6) is 5.75 Å². The number of fused-ring (bicyclic) bond motifs is 1. The number of aliphatic hydroxyl groups is 1. The lowest BCUT2D eigenvalue weighted by molar-refractivity contribution is -0.278. The molecule has 1 aliphatic rings. The van der Waals surface area contributed by atoms with E-state index in [0.717, 1.165) is 52.6 Å². The summed E-state index contributed by atoms with van der Waals surface area (Å²) >= 11 is 0. The first-order valence-corrected chi connectivity index (χ1v) is 40.3. The lowest BCUT2D eigenvalue weighted by atomic mass is 9.92. The van der Waals surface area contributed by atoms with E-state index in [4.69, 9.17) is 18.9 Å². The van der Waals surface area contributed by atoms with E-state index in [1.165, 1.54) is 112 Å². The van der Waals surface area contributed by atoms with Crippen LogP contribution in [0.3, 0.4) is 0 Å². The zero-order valence-electron chi connectivity index (χ0n) is 73.1. The van der Waals surface area contributed by atoms with E-state index < -0.39 is 221 Å². The van der Waals surface area contributed by atoms with Crippen molar-refractivity contribution < 1.29 is 99.6 Å². The van der Waals surface area contributed by atoms with E-state index in [9.17, 15) is 14.7 Å². The summed E-state index contributed by atoms with van der Waals surface area (Å²) in [5.74, 6) is -19.9. The second kappa shape index (κ2) is 43.1. The third kappa shape index (κ3) is 23.9. The molecule has 31 nitrogen and oxygen atoms in total. The zero-order valence-corrected chi connectivity index (χ0v) is 73.1. The summed E-state index contributed by atoms with van der Waals surface area (Å²) in [6.45, 7) is 28.1. The van der Waals surface area contributed by atoms with Crippen LogP contribution < -0.4 is 47.3 Å². The van der Waals surface area contributed by atoms with E-state index in [-0.39, 0.29) is 30.2 Å². The molecule has 10 N–H and O–H groups in total. The van der Waals surface area contributed by atoms with Crippen molar-refractivity contribution in [3.63, 3.8) is 0 Å². The van der Waals surface area contributed by atoms with Crippen LogP contribution in [-0.4, -0.2) is 247 Å². The predicted octanol–water partition coefficient (Wildman–Crippen LogP) is 5.36.